The maximum Gasteiger partial charge on any atom is 0.319 e. The van der Waals surface area contributed by atoms with E-state index >= 15 is 0 Å². The Morgan fingerprint density at radius 2 is 2.05 bits per heavy atom. The first kappa shape index (κ1) is 14.6. The lowest BCUT2D eigenvalue weighted by atomic mass is 9.83. The standard InChI is InChI=1S/C18H19FN2O/c19-15-8-4-9-16(11-15)21-18(22)20-12-14-7-3-6-13-5-1-2-10-17(13)14/h1-2,4-5,8-11,14H,3,6-7,12H2,(H2,20,21,22). The van der Waals surface area contributed by atoms with Crippen molar-refractivity contribution in [3.05, 3.63) is 65.5 Å². The second-order valence-electron chi connectivity index (χ2n) is 5.63. The number of aryl methyl sites for hydroxylation is 1. The number of carbonyl (C=O) groups is 1. The molecule has 114 valence electrons. The molecular formula is C18H19FN2O. The summed E-state index contributed by atoms with van der Waals surface area (Å²) in [5, 5.41) is 5.54. The van der Waals surface area contributed by atoms with Gasteiger partial charge in [0.25, 0.3) is 0 Å². The molecule has 3 nitrogen and oxygen atoms in total. The van der Waals surface area contributed by atoms with Gasteiger partial charge in [0.1, 0.15) is 5.82 Å². The molecular weight excluding hydrogens is 279 g/mol. The van der Waals surface area contributed by atoms with Gasteiger partial charge in [-0.2, -0.15) is 0 Å². The van der Waals surface area contributed by atoms with E-state index in [0.717, 1.165) is 19.3 Å². The van der Waals surface area contributed by atoms with E-state index in [4.69, 9.17) is 0 Å². The fraction of sp³-hybridized carbons (Fsp3) is 0.278. The smallest absolute Gasteiger partial charge is 0.319 e. The van der Waals surface area contributed by atoms with Crippen molar-refractivity contribution in [3.63, 3.8) is 0 Å². The van der Waals surface area contributed by atoms with Crippen molar-refractivity contribution in [3.8, 4) is 0 Å². The number of rotatable bonds is 3. The summed E-state index contributed by atoms with van der Waals surface area (Å²) in [4.78, 5) is 11.9. The molecule has 2 amide bonds. The molecule has 2 N–H and O–H groups in total. The van der Waals surface area contributed by atoms with Gasteiger partial charge in [-0.1, -0.05) is 30.3 Å². The Labute approximate surface area is 129 Å². The van der Waals surface area contributed by atoms with Gasteiger partial charge in [-0.3, -0.25) is 0 Å². The number of fused-ring (bicyclic) bond motifs is 1. The van der Waals surface area contributed by atoms with Gasteiger partial charge >= 0.3 is 6.03 Å². The highest BCUT2D eigenvalue weighted by Crippen LogP contribution is 2.30. The largest absolute Gasteiger partial charge is 0.337 e. The Morgan fingerprint density at radius 3 is 2.91 bits per heavy atom. The molecule has 3 rings (SSSR count). The van der Waals surface area contributed by atoms with Gasteiger partial charge in [-0.15, -0.1) is 0 Å². The Kier molecular flexibility index (Phi) is 4.37. The summed E-state index contributed by atoms with van der Waals surface area (Å²) < 4.78 is 13.1. The molecule has 2 aromatic rings. The molecule has 0 fully saturated rings. The molecule has 0 saturated carbocycles. The Morgan fingerprint density at radius 1 is 1.18 bits per heavy atom. The third-order valence-electron chi connectivity index (χ3n) is 4.09. The molecule has 1 unspecified atom stereocenters. The monoisotopic (exact) mass is 298 g/mol. The van der Waals surface area contributed by atoms with Crippen molar-refractivity contribution < 1.29 is 9.18 Å². The zero-order chi connectivity index (χ0) is 15.4. The van der Waals surface area contributed by atoms with E-state index < -0.39 is 0 Å². The lowest BCUT2D eigenvalue weighted by molar-refractivity contribution is 0.251. The molecule has 0 saturated heterocycles. The fourth-order valence-corrected chi connectivity index (χ4v) is 3.02. The lowest BCUT2D eigenvalue weighted by Gasteiger charge is -2.25. The van der Waals surface area contributed by atoms with Crippen LogP contribution in [0.15, 0.2) is 48.5 Å². The fourth-order valence-electron chi connectivity index (χ4n) is 3.02. The Bertz CT molecular complexity index is 672. The molecule has 1 aliphatic carbocycles. The van der Waals surface area contributed by atoms with Crippen molar-refractivity contribution in [1.82, 2.24) is 5.32 Å². The highest BCUT2D eigenvalue weighted by atomic mass is 19.1. The van der Waals surface area contributed by atoms with Crippen LogP contribution in [0.5, 0.6) is 0 Å². The molecule has 1 aliphatic rings. The highest BCUT2D eigenvalue weighted by molar-refractivity contribution is 5.89. The van der Waals surface area contributed by atoms with E-state index in [-0.39, 0.29) is 11.8 Å². The molecule has 4 heteroatoms. The molecule has 0 bridgehead atoms. The van der Waals surface area contributed by atoms with Crippen LogP contribution in [0.2, 0.25) is 0 Å². The number of hydrogen-bond donors (Lipinski definition) is 2. The maximum atomic E-state index is 13.1. The van der Waals surface area contributed by atoms with E-state index in [2.05, 4.69) is 28.8 Å². The van der Waals surface area contributed by atoms with Crippen molar-refractivity contribution in [2.24, 2.45) is 0 Å². The minimum Gasteiger partial charge on any atom is -0.337 e. The molecule has 0 aliphatic heterocycles. The second-order valence-corrected chi connectivity index (χ2v) is 5.63. The number of halogens is 1. The van der Waals surface area contributed by atoms with Crippen molar-refractivity contribution in [2.75, 3.05) is 11.9 Å². The van der Waals surface area contributed by atoms with Crippen molar-refractivity contribution >= 4 is 11.7 Å². The first-order valence-corrected chi connectivity index (χ1v) is 7.60. The van der Waals surface area contributed by atoms with Gasteiger partial charge in [0.05, 0.1) is 0 Å². The average molecular weight is 298 g/mol. The number of nitrogens with one attached hydrogen (secondary N) is 2. The van der Waals surface area contributed by atoms with E-state index in [9.17, 15) is 9.18 Å². The predicted molar refractivity (Wildman–Crippen MR) is 85.5 cm³/mol. The SMILES string of the molecule is O=C(NCC1CCCc2ccccc21)Nc1cccc(F)c1. The minimum atomic E-state index is -0.362. The van der Waals surface area contributed by atoms with E-state index in [1.54, 1.807) is 12.1 Å². The summed E-state index contributed by atoms with van der Waals surface area (Å²) in [5.41, 5.74) is 3.17. The third kappa shape index (κ3) is 3.45. The summed E-state index contributed by atoms with van der Waals surface area (Å²) >= 11 is 0. The van der Waals surface area contributed by atoms with Crippen LogP contribution in [0.4, 0.5) is 14.9 Å². The van der Waals surface area contributed by atoms with Gasteiger partial charge in [0, 0.05) is 18.2 Å². The summed E-state index contributed by atoms with van der Waals surface area (Å²) in [6.45, 7) is 0.595. The number of benzene rings is 2. The van der Waals surface area contributed by atoms with Crippen molar-refractivity contribution in [1.29, 1.82) is 0 Å². The zero-order valence-electron chi connectivity index (χ0n) is 12.3. The number of carbonyl (C=O) groups excluding carboxylic acids is 1. The molecule has 0 heterocycles. The number of amides is 2. The Balaban J connectivity index is 1.58. The molecule has 0 aromatic heterocycles. The molecule has 1 atom stereocenters. The van der Waals surface area contributed by atoms with Crippen LogP contribution in [0, 0.1) is 5.82 Å². The topological polar surface area (TPSA) is 41.1 Å². The molecule has 22 heavy (non-hydrogen) atoms. The van der Waals surface area contributed by atoms with E-state index in [0.29, 0.717) is 18.2 Å². The van der Waals surface area contributed by atoms with Gasteiger partial charge in [-0.25, -0.2) is 9.18 Å². The van der Waals surface area contributed by atoms with Gasteiger partial charge in [-0.05, 0) is 48.6 Å². The summed E-state index contributed by atoms with van der Waals surface area (Å²) in [7, 11) is 0. The number of hydrogen-bond acceptors (Lipinski definition) is 1. The van der Waals surface area contributed by atoms with Crippen LogP contribution in [0.1, 0.15) is 29.9 Å². The Hall–Kier alpha value is -2.36. The number of urea groups is 1. The first-order chi connectivity index (χ1) is 10.7. The lowest BCUT2D eigenvalue weighted by Crippen LogP contribution is -2.33. The van der Waals surface area contributed by atoms with E-state index in [1.165, 1.54) is 23.3 Å². The maximum absolute atomic E-state index is 13.1. The normalized spacial score (nSPS) is 16.7. The van der Waals surface area contributed by atoms with Gasteiger partial charge in [0.2, 0.25) is 0 Å². The van der Waals surface area contributed by atoms with Crippen LogP contribution in [0.25, 0.3) is 0 Å². The van der Waals surface area contributed by atoms with Crippen LogP contribution >= 0.6 is 0 Å². The molecule has 2 aromatic carbocycles. The van der Waals surface area contributed by atoms with Gasteiger partial charge in [0.15, 0.2) is 0 Å². The summed E-state index contributed by atoms with van der Waals surface area (Å²) in [6, 6.07) is 14.0. The first-order valence-electron chi connectivity index (χ1n) is 7.60. The van der Waals surface area contributed by atoms with Crippen LogP contribution in [-0.2, 0) is 6.42 Å². The molecule has 0 spiro atoms. The van der Waals surface area contributed by atoms with Crippen LogP contribution in [0.3, 0.4) is 0 Å². The number of anilines is 1. The summed E-state index contributed by atoms with van der Waals surface area (Å²) in [6.07, 6.45) is 3.34. The van der Waals surface area contributed by atoms with Gasteiger partial charge < -0.3 is 10.6 Å². The van der Waals surface area contributed by atoms with E-state index in [1.807, 2.05) is 6.07 Å². The third-order valence-corrected chi connectivity index (χ3v) is 4.09. The predicted octanol–water partition coefficient (Wildman–Crippen LogP) is 4.07. The average Bonchev–Trinajstić information content (AvgIpc) is 2.53. The van der Waals surface area contributed by atoms with Crippen LogP contribution < -0.4 is 10.6 Å². The highest BCUT2D eigenvalue weighted by Gasteiger charge is 2.20. The zero-order valence-corrected chi connectivity index (χ0v) is 12.3. The molecule has 0 radical (unpaired) electrons. The van der Waals surface area contributed by atoms with Crippen molar-refractivity contribution in [2.45, 2.75) is 25.2 Å². The van der Waals surface area contributed by atoms with Crippen LogP contribution in [-0.4, -0.2) is 12.6 Å². The quantitative estimate of drug-likeness (QED) is 0.881. The summed E-state index contributed by atoms with van der Waals surface area (Å²) in [5.74, 6) is -0.0118. The second kappa shape index (κ2) is 6.60. The minimum absolute atomic E-state index is 0.298.